The summed E-state index contributed by atoms with van der Waals surface area (Å²) in [5, 5.41) is 0. The third-order valence-corrected chi connectivity index (χ3v) is 10.1. The first-order valence-corrected chi connectivity index (χ1v) is 12.9. The zero-order chi connectivity index (χ0) is 22.9. The maximum Gasteiger partial charge on any atom is 0.297 e. The highest BCUT2D eigenvalue weighted by Crippen LogP contribution is 2.64. The van der Waals surface area contributed by atoms with Crippen LogP contribution in [0.2, 0.25) is 0 Å². The van der Waals surface area contributed by atoms with Crippen LogP contribution < -0.4 is 0 Å². The molecule has 0 heterocycles. The van der Waals surface area contributed by atoms with Crippen molar-refractivity contribution in [3.63, 3.8) is 0 Å². The van der Waals surface area contributed by atoms with Crippen LogP contribution in [0, 0.1) is 35.5 Å². The fourth-order valence-electron chi connectivity index (χ4n) is 7.08. The van der Waals surface area contributed by atoms with E-state index in [0.717, 1.165) is 30.4 Å². The summed E-state index contributed by atoms with van der Waals surface area (Å²) in [6, 6.07) is 6.67. The van der Waals surface area contributed by atoms with Gasteiger partial charge in [0.2, 0.25) is 0 Å². The highest BCUT2D eigenvalue weighted by atomic mass is 32.2. The molecular weight excluding hydrogens is 424 g/mol. The van der Waals surface area contributed by atoms with Crippen molar-refractivity contribution in [3.05, 3.63) is 53.6 Å². The van der Waals surface area contributed by atoms with Gasteiger partial charge in [0.15, 0.2) is 5.78 Å². The summed E-state index contributed by atoms with van der Waals surface area (Å²) >= 11 is 0. The molecule has 0 saturated heterocycles. The number of hydrogen-bond donors (Lipinski definition) is 0. The normalized spacial score (nSPS) is 38.7. The molecule has 5 rings (SSSR count). The third-order valence-electron chi connectivity index (χ3n) is 8.74. The molecule has 6 atom stereocenters. The Bertz CT molecular complexity index is 1150. The molecule has 3 saturated carbocycles. The number of carbonyl (C=O) groups excluding carboxylic acids is 2. The van der Waals surface area contributed by atoms with Gasteiger partial charge in [-0.2, -0.15) is 8.42 Å². The van der Waals surface area contributed by atoms with E-state index in [1.54, 1.807) is 36.4 Å². The summed E-state index contributed by atoms with van der Waals surface area (Å²) < 4.78 is 32.6. The van der Waals surface area contributed by atoms with E-state index in [4.69, 9.17) is 4.18 Å². The van der Waals surface area contributed by atoms with Crippen molar-refractivity contribution < 1.29 is 22.2 Å². The average Bonchev–Trinajstić information content (AvgIpc) is 3.02. The van der Waals surface area contributed by atoms with E-state index < -0.39 is 27.1 Å². The molecule has 6 heteroatoms. The quantitative estimate of drug-likeness (QED) is 0.626. The molecule has 0 amide bonds. The molecule has 0 spiro atoms. The van der Waals surface area contributed by atoms with Crippen molar-refractivity contribution in [2.75, 3.05) is 0 Å². The number of rotatable bonds is 3. The smallest absolute Gasteiger partial charge is 0.297 e. The first kappa shape index (κ1) is 21.8. The van der Waals surface area contributed by atoms with Gasteiger partial charge < -0.3 is 0 Å². The van der Waals surface area contributed by atoms with Gasteiger partial charge >= 0.3 is 0 Å². The van der Waals surface area contributed by atoms with Gasteiger partial charge in [0.1, 0.15) is 5.78 Å². The van der Waals surface area contributed by atoms with Crippen LogP contribution in [0.25, 0.3) is 0 Å². The Morgan fingerprint density at radius 3 is 2.47 bits per heavy atom. The van der Waals surface area contributed by atoms with Crippen molar-refractivity contribution in [1.82, 2.24) is 0 Å². The number of benzene rings is 1. The number of hydrogen-bond acceptors (Lipinski definition) is 5. The first-order valence-electron chi connectivity index (χ1n) is 11.5. The maximum atomic E-state index is 13.3. The van der Waals surface area contributed by atoms with E-state index in [1.165, 1.54) is 0 Å². The second-order valence-electron chi connectivity index (χ2n) is 10.5. The second kappa shape index (κ2) is 7.22. The summed E-state index contributed by atoms with van der Waals surface area (Å²) in [6.45, 7) is 6.02. The molecule has 0 aliphatic heterocycles. The molecule has 5 nitrogen and oxygen atoms in total. The van der Waals surface area contributed by atoms with Gasteiger partial charge in [-0.15, -0.1) is 0 Å². The summed E-state index contributed by atoms with van der Waals surface area (Å²) in [6.07, 6.45) is 8.10. The van der Waals surface area contributed by atoms with Crippen molar-refractivity contribution in [1.29, 1.82) is 0 Å². The number of Topliss-reactive ketones (excluding diaryl/α,β-unsaturated/α-hetero) is 1. The summed E-state index contributed by atoms with van der Waals surface area (Å²) in [4.78, 5) is 25.2. The molecule has 0 N–H and O–H groups in total. The van der Waals surface area contributed by atoms with Crippen molar-refractivity contribution in [2.45, 2.75) is 63.9 Å². The van der Waals surface area contributed by atoms with Gasteiger partial charge in [0, 0.05) is 23.2 Å². The molecular formula is C26H30O5S. The molecule has 0 bridgehead atoms. The monoisotopic (exact) mass is 454 g/mol. The molecule has 1 aromatic carbocycles. The predicted octanol–water partition coefficient (Wildman–Crippen LogP) is 4.56. The second-order valence-corrected chi connectivity index (χ2v) is 12.1. The first-order chi connectivity index (χ1) is 15.0. The molecule has 0 radical (unpaired) electrons. The summed E-state index contributed by atoms with van der Waals surface area (Å²) in [5.74, 6) is 0.515. The fraction of sp³-hybridized carbons (Fsp3) is 0.538. The Kier molecular flexibility index (Phi) is 4.92. The minimum Gasteiger partial charge on any atom is -0.299 e. The van der Waals surface area contributed by atoms with E-state index in [0.29, 0.717) is 12.8 Å². The van der Waals surface area contributed by atoms with E-state index in [1.807, 2.05) is 19.9 Å². The Balaban J connectivity index is 1.58. The van der Waals surface area contributed by atoms with Crippen molar-refractivity contribution in [3.8, 4) is 0 Å². The van der Waals surface area contributed by atoms with Gasteiger partial charge in [-0.3, -0.25) is 13.8 Å². The van der Waals surface area contributed by atoms with Crippen LogP contribution in [-0.2, 0) is 23.9 Å². The van der Waals surface area contributed by atoms with Gasteiger partial charge in [-0.05, 0) is 68.7 Å². The van der Waals surface area contributed by atoms with Crippen LogP contribution in [0.5, 0.6) is 0 Å². The van der Waals surface area contributed by atoms with Crippen LogP contribution in [-0.4, -0.2) is 26.1 Å². The molecule has 4 aliphatic rings. The lowest BCUT2D eigenvalue weighted by Crippen LogP contribution is -2.57. The van der Waals surface area contributed by atoms with Crippen LogP contribution in [0.3, 0.4) is 0 Å². The summed E-state index contributed by atoms with van der Waals surface area (Å²) in [5.41, 5.74) is 1.03. The average molecular weight is 455 g/mol. The molecule has 0 aromatic heterocycles. The van der Waals surface area contributed by atoms with Gasteiger partial charge in [0.05, 0.1) is 11.0 Å². The van der Waals surface area contributed by atoms with Crippen LogP contribution in [0.15, 0.2) is 53.0 Å². The Morgan fingerprint density at radius 1 is 1.03 bits per heavy atom. The van der Waals surface area contributed by atoms with Gasteiger partial charge in [-0.25, -0.2) is 0 Å². The highest BCUT2D eigenvalue weighted by molar-refractivity contribution is 7.86. The number of allylic oxidation sites excluding steroid dienone is 4. The van der Waals surface area contributed by atoms with Gasteiger partial charge in [0.25, 0.3) is 10.1 Å². The molecule has 4 aliphatic carbocycles. The van der Waals surface area contributed by atoms with E-state index in [2.05, 4.69) is 6.92 Å². The zero-order valence-electron chi connectivity index (χ0n) is 18.8. The Hall–Kier alpha value is -2.05. The van der Waals surface area contributed by atoms with Crippen LogP contribution in [0.1, 0.15) is 51.5 Å². The molecule has 1 aromatic rings. The lowest BCUT2D eigenvalue weighted by molar-refractivity contribution is -0.139. The number of ketones is 2. The Labute approximate surface area is 190 Å². The zero-order valence-corrected chi connectivity index (χ0v) is 19.7. The van der Waals surface area contributed by atoms with Crippen molar-refractivity contribution in [2.24, 2.45) is 28.6 Å². The van der Waals surface area contributed by atoms with Crippen molar-refractivity contribution >= 4 is 21.7 Å². The minimum absolute atomic E-state index is 0.0163. The lowest BCUT2D eigenvalue weighted by atomic mass is 9.47. The topological polar surface area (TPSA) is 77.5 Å². The molecule has 32 heavy (non-hydrogen) atoms. The number of carbonyl (C=O) groups is 2. The minimum atomic E-state index is -4.00. The van der Waals surface area contributed by atoms with Crippen LogP contribution >= 0.6 is 0 Å². The largest absolute Gasteiger partial charge is 0.299 e. The third kappa shape index (κ3) is 3.18. The lowest BCUT2D eigenvalue weighted by Gasteiger charge is -2.58. The van der Waals surface area contributed by atoms with Crippen LogP contribution in [0.4, 0.5) is 0 Å². The fourth-order valence-corrected chi connectivity index (χ4v) is 8.17. The number of fused-ring (bicyclic) bond motifs is 5. The molecule has 170 valence electrons. The van der Waals surface area contributed by atoms with E-state index >= 15 is 0 Å². The van der Waals surface area contributed by atoms with E-state index in [9.17, 15) is 18.0 Å². The Morgan fingerprint density at radius 2 is 1.75 bits per heavy atom. The number of aryl methyl sites for hydroxylation is 1. The standard InChI is InChI=1S/C26H30O5S/c1-16-4-7-19(8-5-16)32(29,30)31-22-15-26(3)21(10-11-23(26)28)20-9-6-17-14-18(27)12-13-25(17,2)24(20)22/h4-5,7-8,12-14,20-22,24H,6,9-11,15H2,1-3H3/t20-,21-,22+,24+,25-,26-/m0/s1. The summed E-state index contributed by atoms with van der Waals surface area (Å²) in [7, 11) is -4.00. The molecule has 3 fully saturated rings. The SMILES string of the molecule is Cc1ccc(S(=O)(=O)O[C@@H]2C[C@]3(C)C(=O)CC[C@H]3[C@@H]3CCC4=CC(=O)C=C[C@]4(C)[C@H]32)cc1. The maximum absolute atomic E-state index is 13.3. The molecule has 0 unspecified atom stereocenters. The predicted molar refractivity (Wildman–Crippen MR) is 120 cm³/mol. The van der Waals surface area contributed by atoms with Gasteiger partial charge in [-0.1, -0.05) is 43.2 Å². The highest BCUT2D eigenvalue weighted by Gasteiger charge is 2.62. The van der Waals surface area contributed by atoms with E-state index in [-0.39, 0.29) is 34.2 Å².